The number of rotatable bonds is 6. The van der Waals surface area contributed by atoms with E-state index in [1.807, 2.05) is 19.4 Å². The van der Waals surface area contributed by atoms with Gasteiger partial charge in [0.15, 0.2) is 0 Å². The molecule has 0 aromatic carbocycles. The number of nitrogens with zero attached hydrogens (tertiary/aromatic N) is 2. The number of hydrogen-bond donors (Lipinski definition) is 2. The average molecular weight is 196 g/mol. The Morgan fingerprint density at radius 1 is 1.71 bits per heavy atom. The van der Waals surface area contributed by atoms with Gasteiger partial charge < -0.3 is 11.1 Å². The van der Waals surface area contributed by atoms with E-state index in [4.69, 9.17) is 5.73 Å². The van der Waals surface area contributed by atoms with Crippen molar-refractivity contribution in [2.45, 2.75) is 19.4 Å². The number of primary amides is 1. The molecule has 1 rings (SSSR count). The van der Waals surface area contributed by atoms with Crippen molar-refractivity contribution in [1.29, 1.82) is 0 Å². The number of amides is 1. The Bertz CT molecular complexity index is 295. The smallest absolute Gasteiger partial charge is 0.217 e. The summed E-state index contributed by atoms with van der Waals surface area (Å²) in [6.07, 6.45) is 5.01. The molecule has 14 heavy (non-hydrogen) atoms. The minimum atomic E-state index is -0.242. The predicted octanol–water partition coefficient (Wildman–Crippen LogP) is -0.225. The van der Waals surface area contributed by atoms with Gasteiger partial charge in [-0.3, -0.25) is 9.48 Å². The zero-order valence-electron chi connectivity index (χ0n) is 8.36. The molecule has 3 N–H and O–H groups in total. The van der Waals surface area contributed by atoms with Gasteiger partial charge in [0.05, 0.1) is 6.20 Å². The predicted molar refractivity (Wildman–Crippen MR) is 53.3 cm³/mol. The first-order valence-corrected chi connectivity index (χ1v) is 4.65. The Hall–Kier alpha value is -1.36. The molecule has 0 aliphatic rings. The van der Waals surface area contributed by atoms with Gasteiger partial charge in [-0.1, -0.05) is 0 Å². The maximum Gasteiger partial charge on any atom is 0.217 e. The van der Waals surface area contributed by atoms with Crippen LogP contribution in [0.1, 0.15) is 18.4 Å². The summed E-state index contributed by atoms with van der Waals surface area (Å²) in [5.74, 6) is -0.242. The molecule has 0 radical (unpaired) electrons. The molecule has 0 spiro atoms. The number of carbonyl (C=O) groups is 1. The number of nitrogens with one attached hydrogen (secondary N) is 1. The van der Waals surface area contributed by atoms with Crippen molar-refractivity contribution in [3.63, 3.8) is 0 Å². The maximum absolute atomic E-state index is 10.4. The van der Waals surface area contributed by atoms with E-state index in [1.165, 1.54) is 0 Å². The van der Waals surface area contributed by atoms with E-state index in [0.29, 0.717) is 6.42 Å². The van der Waals surface area contributed by atoms with Crippen LogP contribution in [0.25, 0.3) is 0 Å². The molecule has 0 saturated heterocycles. The van der Waals surface area contributed by atoms with Gasteiger partial charge in [-0.15, -0.1) is 0 Å². The van der Waals surface area contributed by atoms with E-state index in [-0.39, 0.29) is 5.91 Å². The van der Waals surface area contributed by atoms with Gasteiger partial charge >= 0.3 is 0 Å². The molecule has 0 atom stereocenters. The van der Waals surface area contributed by atoms with Crippen LogP contribution in [0.3, 0.4) is 0 Å². The lowest BCUT2D eigenvalue weighted by molar-refractivity contribution is -0.118. The highest BCUT2D eigenvalue weighted by atomic mass is 16.1. The topological polar surface area (TPSA) is 72.9 Å². The van der Waals surface area contributed by atoms with Crippen molar-refractivity contribution >= 4 is 5.91 Å². The van der Waals surface area contributed by atoms with Gasteiger partial charge in [-0.25, -0.2) is 0 Å². The summed E-state index contributed by atoms with van der Waals surface area (Å²) in [6.45, 7) is 1.59. The summed E-state index contributed by atoms with van der Waals surface area (Å²) in [5, 5.41) is 7.26. The number of nitrogens with two attached hydrogens (primary N) is 1. The summed E-state index contributed by atoms with van der Waals surface area (Å²) in [5.41, 5.74) is 6.15. The molecule has 1 heterocycles. The van der Waals surface area contributed by atoms with Crippen molar-refractivity contribution < 1.29 is 4.79 Å². The first-order chi connectivity index (χ1) is 6.68. The summed E-state index contributed by atoms with van der Waals surface area (Å²) < 4.78 is 1.76. The Labute approximate surface area is 83.3 Å². The largest absolute Gasteiger partial charge is 0.370 e. The molecule has 0 unspecified atom stereocenters. The molecule has 1 amide bonds. The van der Waals surface area contributed by atoms with E-state index in [1.54, 1.807) is 4.68 Å². The minimum absolute atomic E-state index is 0.242. The molecule has 0 fully saturated rings. The molecule has 0 bridgehead atoms. The Morgan fingerprint density at radius 3 is 3.07 bits per heavy atom. The maximum atomic E-state index is 10.4. The molecule has 0 aliphatic carbocycles. The number of hydrogen-bond acceptors (Lipinski definition) is 3. The van der Waals surface area contributed by atoms with Crippen LogP contribution in [0.5, 0.6) is 0 Å². The van der Waals surface area contributed by atoms with E-state index in [9.17, 15) is 4.79 Å². The van der Waals surface area contributed by atoms with Crippen molar-refractivity contribution in [2.24, 2.45) is 12.8 Å². The third-order valence-corrected chi connectivity index (χ3v) is 1.86. The standard InChI is InChI=1S/C9H16N4O/c1-13-7-8(6-12-13)5-11-4-2-3-9(10)14/h6-7,11H,2-5H2,1H3,(H2,10,14). The Balaban J connectivity index is 2.07. The molecular weight excluding hydrogens is 180 g/mol. The van der Waals surface area contributed by atoms with Crippen molar-refractivity contribution in [1.82, 2.24) is 15.1 Å². The minimum Gasteiger partial charge on any atom is -0.370 e. The zero-order chi connectivity index (χ0) is 10.4. The van der Waals surface area contributed by atoms with Gasteiger partial charge in [-0.2, -0.15) is 5.10 Å². The normalized spacial score (nSPS) is 10.4. The molecule has 0 aliphatic heterocycles. The Morgan fingerprint density at radius 2 is 2.50 bits per heavy atom. The quantitative estimate of drug-likeness (QED) is 0.617. The van der Waals surface area contributed by atoms with Crippen LogP contribution in [0, 0.1) is 0 Å². The van der Waals surface area contributed by atoms with Crippen LogP contribution in [-0.2, 0) is 18.4 Å². The van der Waals surface area contributed by atoms with E-state index in [2.05, 4.69) is 10.4 Å². The highest BCUT2D eigenvalue weighted by Crippen LogP contribution is 1.95. The first-order valence-electron chi connectivity index (χ1n) is 4.65. The van der Waals surface area contributed by atoms with Crippen LogP contribution in [-0.4, -0.2) is 22.2 Å². The fourth-order valence-corrected chi connectivity index (χ4v) is 1.18. The number of aromatic nitrogens is 2. The van der Waals surface area contributed by atoms with E-state index >= 15 is 0 Å². The molecule has 5 heteroatoms. The number of carbonyl (C=O) groups excluding carboxylic acids is 1. The second-order valence-corrected chi connectivity index (χ2v) is 3.27. The summed E-state index contributed by atoms with van der Waals surface area (Å²) in [6, 6.07) is 0. The monoisotopic (exact) mass is 196 g/mol. The van der Waals surface area contributed by atoms with Crippen LogP contribution in [0.15, 0.2) is 12.4 Å². The first kappa shape index (κ1) is 10.7. The van der Waals surface area contributed by atoms with Gasteiger partial charge in [0.1, 0.15) is 0 Å². The van der Waals surface area contributed by atoms with Gasteiger partial charge in [0.25, 0.3) is 0 Å². The summed E-state index contributed by atoms with van der Waals surface area (Å²) in [7, 11) is 1.89. The Kier molecular flexibility index (Phi) is 4.12. The fourth-order valence-electron chi connectivity index (χ4n) is 1.18. The lowest BCUT2D eigenvalue weighted by Crippen LogP contribution is -2.17. The molecule has 1 aromatic rings. The molecular formula is C9H16N4O. The van der Waals surface area contributed by atoms with Gasteiger partial charge in [0, 0.05) is 31.8 Å². The SMILES string of the molecule is Cn1cc(CNCCCC(N)=O)cn1. The highest BCUT2D eigenvalue weighted by molar-refractivity contribution is 5.73. The van der Waals surface area contributed by atoms with E-state index < -0.39 is 0 Å². The van der Waals surface area contributed by atoms with Crippen LogP contribution < -0.4 is 11.1 Å². The molecule has 78 valence electrons. The third-order valence-electron chi connectivity index (χ3n) is 1.86. The molecule has 1 aromatic heterocycles. The lowest BCUT2D eigenvalue weighted by atomic mass is 10.3. The van der Waals surface area contributed by atoms with Crippen LogP contribution in [0.2, 0.25) is 0 Å². The highest BCUT2D eigenvalue weighted by Gasteiger charge is 1.96. The van der Waals surface area contributed by atoms with Crippen molar-refractivity contribution in [3.8, 4) is 0 Å². The van der Waals surface area contributed by atoms with Gasteiger partial charge in [0.2, 0.25) is 5.91 Å². The van der Waals surface area contributed by atoms with Crippen molar-refractivity contribution in [3.05, 3.63) is 18.0 Å². The lowest BCUT2D eigenvalue weighted by Gasteiger charge is -2.00. The number of aryl methyl sites for hydroxylation is 1. The van der Waals surface area contributed by atoms with Gasteiger partial charge in [-0.05, 0) is 13.0 Å². The summed E-state index contributed by atoms with van der Waals surface area (Å²) >= 11 is 0. The third kappa shape index (κ3) is 4.04. The molecule has 5 nitrogen and oxygen atoms in total. The average Bonchev–Trinajstić information content (AvgIpc) is 2.50. The van der Waals surface area contributed by atoms with Crippen LogP contribution >= 0.6 is 0 Å². The van der Waals surface area contributed by atoms with Crippen molar-refractivity contribution in [2.75, 3.05) is 6.54 Å². The summed E-state index contributed by atoms with van der Waals surface area (Å²) in [4.78, 5) is 10.4. The fraction of sp³-hybridized carbons (Fsp3) is 0.556. The molecule has 0 saturated carbocycles. The van der Waals surface area contributed by atoms with Crippen LogP contribution in [0.4, 0.5) is 0 Å². The second-order valence-electron chi connectivity index (χ2n) is 3.27. The van der Waals surface area contributed by atoms with E-state index in [0.717, 1.165) is 25.1 Å². The second kappa shape index (κ2) is 5.39. The zero-order valence-corrected chi connectivity index (χ0v) is 8.36.